The molecular formula is C58H70N6O10S. The Hall–Kier alpha value is -7.44. The van der Waals surface area contributed by atoms with Gasteiger partial charge in [-0.1, -0.05) is 132 Å². The van der Waals surface area contributed by atoms with Gasteiger partial charge in [-0.2, -0.15) is 0 Å². The highest BCUT2D eigenvalue weighted by atomic mass is 32.2. The van der Waals surface area contributed by atoms with Crippen LogP contribution in [0.1, 0.15) is 110 Å². The molecule has 6 N–H and O–H groups in total. The lowest BCUT2D eigenvalue weighted by Gasteiger charge is -2.37. The number of benzene rings is 6. The van der Waals surface area contributed by atoms with Crippen molar-refractivity contribution in [2.75, 3.05) is 47.1 Å². The molecule has 0 radical (unpaired) electrons. The van der Waals surface area contributed by atoms with Crippen molar-refractivity contribution < 1.29 is 43.4 Å². The topological polar surface area (TPSA) is 217 Å². The Morgan fingerprint density at radius 1 is 0.813 bits per heavy atom. The number of nitro groups is 1. The number of amides is 3. The summed E-state index contributed by atoms with van der Waals surface area (Å²) >= 11 is 0.961. The van der Waals surface area contributed by atoms with E-state index in [0.29, 0.717) is 40.5 Å². The maximum atomic E-state index is 13.8. The smallest absolute Gasteiger partial charge is 0.407 e. The maximum absolute atomic E-state index is 13.8. The number of fused-ring (bicyclic) bond motifs is 3. The van der Waals surface area contributed by atoms with Gasteiger partial charge in [-0.05, 0) is 89.0 Å². The van der Waals surface area contributed by atoms with Crippen LogP contribution in [-0.4, -0.2) is 79.9 Å². The number of alkyl carbamates (subject to hydrolysis) is 1. The van der Waals surface area contributed by atoms with E-state index in [0.717, 1.165) is 45.5 Å². The summed E-state index contributed by atoms with van der Waals surface area (Å²) < 4.78 is 26.2. The van der Waals surface area contributed by atoms with Crippen LogP contribution in [0.2, 0.25) is 0 Å². The summed E-state index contributed by atoms with van der Waals surface area (Å²) in [5.41, 5.74) is 12.5. The first-order valence-corrected chi connectivity index (χ1v) is 26.1. The van der Waals surface area contributed by atoms with E-state index >= 15 is 0 Å². The lowest BCUT2D eigenvalue weighted by Crippen LogP contribution is -2.57. The van der Waals surface area contributed by atoms with Crippen molar-refractivity contribution in [1.82, 2.24) is 20.3 Å². The molecule has 2 atom stereocenters. The standard InChI is InChI=1S/C53H56N6O10S.C3H8.C2H6/c1-4-28-55-51(61)36-22-27-48(46(32-36)59(64)65)70-56-29-30-58(53(54,63)37-13-6-5-7-14-37)49(60)19-12-31-68-38-23-20-35(21-24-38)50(44-26-25-39(66-2)33-47(44)67-3)57-52(62)69-34-45-42-17-10-8-15-40(42)41-16-9-11-18-43(41)45;1-3-2;1-2/h5-11,13-18,20-27,32-33,45,50,56,63H,4,12,19,28-31,34,54H2,1-3H3,(H,55,61)(H,57,62);3H2,1-2H3;1-2H3. The summed E-state index contributed by atoms with van der Waals surface area (Å²) in [5, 5.41) is 29.3. The molecule has 0 heterocycles. The molecule has 1 aliphatic carbocycles. The van der Waals surface area contributed by atoms with Gasteiger partial charge in [0.15, 0.2) is 0 Å². The van der Waals surface area contributed by atoms with Gasteiger partial charge < -0.3 is 34.7 Å². The van der Waals surface area contributed by atoms with Crippen LogP contribution in [0.25, 0.3) is 11.1 Å². The number of nitro benzene ring substituents is 1. The number of ether oxygens (including phenoxy) is 4. The van der Waals surface area contributed by atoms with Gasteiger partial charge in [0, 0.05) is 60.8 Å². The van der Waals surface area contributed by atoms with Crippen LogP contribution in [0.3, 0.4) is 0 Å². The largest absolute Gasteiger partial charge is 0.497 e. The third-order valence-corrected chi connectivity index (χ3v) is 12.8. The summed E-state index contributed by atoms with van der Waals surface area (Å²) in [4.78, 5) is 52.7. The molecule has 0 saturated carbocycles. The zero-order valence-corrected chi connectivity index (χ0v) is 44.6. The number of nitrogens with zero attached hydrogens (tertiary/aromatic N) is 2. The number of rotatable bonds is 23. The molecule has 6 aromatic rings. The van der Waals surface area contributed by atoms with E-state index in [9.17, 15) is 29.6 Å². The lowest BCUT2D eigenvalue weighted by atomic mass is 9.97. The first-order chi connectivity index (χ1) is 36.3. The number of hydrogen-bond acceptors (Lipinski definition) is 13. The Balaban J connectivity index is 0.00000201. The van der Waals surface area contributed by atoms with Gasteiger partial charge in [-0.15, -0.1) is 0 Å². The summed E-state index contributed by atoms with van der Waals surface area (Å²) in [7, 11) is 3.11. The fourth-order valence-electron chi connectivity index (χ4n) is 8.30. The van der Waals surface area contributed by atoms with Gasteiger partial charge in [0.1, 0.15) is 28.8 Å². The van der Waals surface area contributed by atoms with Gasteiger partial charge >= 0.3 is 6.09 Å². The van der Waals surface area contributed by atoms with Gasteiger partial charge in [0.25, 0.3) is 11.6 Å². The zero-order chi connectivity index (χ0) is 54.3. The fraction of sp³-hybridized carbons (Fsp3) is 0.328. The quantitative estimate of drug-likeness (QED) is 0.0133. The average Bonchev–Trinajstić information content (AvgIpc) is 3.77. The van der Waals surface area contributed by atoms with Crippen LogP contribution in [0.15, 0.2) is 144 Å². The summed E-state index contributed by atoms with van der Waals surface area (Å²) in [6.45, 7) is 10.9. The monoisotopic (exact) mass is 1040 g/mol. The fourth-order valence-corrected chi connectivity index (χ4v) is 9.02. The maximum Gasteiger partial charge on any atom is 0.407 e. The molecule has 1 aliphatic rings. The number of carbonyl (C=O) groups excluding carboxylic acids is 3. The van der Waals surface area contributed by atoms with E-state index in [-0.39, 0.29) is 61.2 Å². The second-order valence-corrected chi connectivity index (χ2v) is 18.0. The number of carbonyl (C=O) groups is 3. The molecular weight excluding hydrogens is 973 g/mol. The Bertz CT molecular complexity index is 2750. The van der Waals surface area contributed by atoms with Crippen LogP contribution >= 0.6 is 11.9 Å². The van der Waals surface area contributed by atoms with Crippen LogP contribution in [0.5, 0.6) is 17.2 Å². The van der Waals surface area contributed by atoms with E-state index in [1.807, 2.05) is 63.2 Å². The number of nitrogens with two attached hydrogens (primary N) is 1. The molecule has 0 bridgehead atoms. The van der Waals surface area contributed by atoms with Gasteiger partial charge in [-0.3, -0.25) is 35.1 Å². The van der Waals surface area contributed by atoms with Crippen LogP contribution in [-0.2, 0) is 15.4 Å². The van der Waals surface area contributed by atoms with E-state index in [4.69, 9.17) is 24.7 Å². The first kappa shape index (κ1) is 58.4. The Morgan fingerprint density at radius 3 is 2.05 bits per heavy atom. The molecule has 2 unspecified atom stereocenters. The minimum atomic E-state index is -2.18. The molecule has 0 saturated heterocycles. The highest BCUT2D eigenvalue weighted by Gasteiger charge is 2.35. The molecule has 0 aliphatic heterocycles. The van der Waals surface area contributed by atoms with Crippen molar-refractivity contribution in [3.63, 3.8) is 0 Å². The van der Waals surface area contributed by atoms with Crippen molar-refractivity contribution in [3.05, 3.63) is 183 Å². The minimum absolute atomic E-state index is 0.0337. The minimum Gasteiger partial charge on any atom is -0.497 e. The molecule has 0 spiro atoms. The van der Waals surface area contributed by atoms with E-state index < -0.39 is 34.7 Å². The third kappa shape index (κ3) is 15.6. The van der Waals surface area contributed by atoms with Gasteiger partial charge in [0.05, 0.1) is 31.8 Å². The van der Waals surface area contributed by atoms with E-state index in [2.05, 4.69) is 53.5 Å². The molecule has 16 nitrogen and oxygen atoms in total. The van der Waals surface area contributed by atoms with Crippen LogP contribution in [0, 0.1) is 10.1 Å². The van der Waals surface area contributed by atoms with Gasteiger partial charge in [-0.25, -0.2) is 4.79 Å². The highest BCUT2D eigenvalue weighted by Crippen LogP contribution is 2.44. The number of methoxy groups -OCH3 is 2. The second kappa shape index (κ2) is 29.5. The zero-order valence-electron chi connectivity index (χ0n) is 43.8. The number of aliphatic hydroxyl groups is 1. The molecule has 398 valence electrons. The Morgan fingerprint density at radius 2 is 1.44 bits per heavy atom. The molecule has 75 heavy (non-hydrogen) atoms. The van der Waals surface area contributed by atoms with Crippen LogP contribution < -0.4 is 35.3 Å². The number of hydrogen-bond donors (Lipinski definition) is 5. The number of nitrogens with one attached hydrogen (secondary N) is 3. The second-order valence-electron chi connectivity index (χ2n) is 17.1. The molecule has 7 rings (SSSR count). The Labute approximate surface area is 444 Å². The SMILES string of the molecule is CC.CCC.CCCNC(=O)c1ccc(SNCCN(C(=O)CCCOc2ccc(C(NC(=O)OCC3c4ccccc4-c4ccccc43)c3ccc(OC)cc3OC)cc2)C(N)(O)c2ccccc2)c([N+](=O)[O-])c1. The lowest BCUT2D eigenvalue weighted by molar-refractivity contribution is -0.387. The van der Waals surface area contributed by atoms with Crippen molar-refractivity contribution in [1.29, 1.82) is 0 Å². The highest BCUT2D eigenvalue weighted by molar-refractivity contribution is 7.97. The molecule has 0 fully saturated rings. The Kier molecular flexibility index (Phi) is 23.0. The average molecular weight is 1040 g/mol. The molecule has 17 heteroatoms. The third-order valence-electron chi connectivity index (χ3n) is 11.9. The summed E-state index contributed by atoms with van der Waals surface area (Å²) in [5.74, 6) is -1.57. The molecule has 6 aromatic carbocycles. The summed E-state index contributed by atoms with van der Waals surface area (Å²) in [6.07, 6.45) is 1.59. The first-order valence-electron chi connectivity index (χ1n) is 25.2. The molecule has 0 aromatic heterocycles. The van der Waals surface area contributed by atoms with Crippen molar-refractivity contribution in [3.8, 4) is 28.4 Å². The predicted molar refractivity (Wildman–Crippen MR) is 294 cm³/mol. The van der Waals surface area contributed by atoms with Crippen LogP contribution in [0.4, 0.5) is 10.5 Å². The normalized spacial score (nSPS) is 12.4. The van der Waals surface area contributed by atoms with E-state index in [1.54, 1.807) is 68.8 Å². The van der Waals surface area contributed by atoms with Crippen molar-refractivity contribution in [2.24, 2.45) is 5.73 Å². The van der Waals surface area contributed by atoms with Gasteiger partial charge in [0.2, 0.25) is 11.8 Å². The van der Waals surface area contributed by atoms with E-state index in [1.165, 1.54) is 24.6 Å². The molecule has 3 amide bonds. The predicted octanol–water partition coefficient (Wildman–Crippen LogP) is 10.9. The van der Waals surface area contributed by atoms with Crippen molar-refractivity contribution in [2.45, 2.75) is 83.0 Å². The summed E-state index contributed by atoms with van der Waals surface area (Å²) in [6, 6.07) is 40.7. The van der Waals surface area contributed by atoms with Crippen molar-refractivity contribution >= 4 is 35.5 Å².